The fourth-order valence-corrected chi connectivity index (χ4v) is 3.82. The second-order valence-electron chi connectivity index (χ2n) is 7.33. The van der Waals surface area contributed by atoms with E-state index in [2.05, 4.69) is 0 Å². The third-order valence-corrected chi connectivity index (χ3v) is 5.56. The fraction of sp³-hybridized carbons (Fsp3) is 0.154. The molecule has 4 rings (SSSR count). The summed E-state index contributed by atoms with van der Waals surface area (Å²) in [6, 6.07) is 13.0. The molecule has 0 amide bonds. The van der Waals surface area contributed by atoms with Crippen LogP contribution in [0, 0.1) is 6.92 Å². The Morgan fingerprint density at radius 3 is 2.35 bits per heavy atom. The van der Waals surface area contributed by atoms with E-state index < -0.39 is 5.97 Å². The normalized spacial score (nSPS) is 13.3. The topological polar surface area (TPSA) is 80.3 Å². The average Bonchev–Trinajstić information content (AvgIpc) is 3.16. The number of fused-ring (bicyclic) bond motifs is 1. The van der Waals surface area contributed by atoms with Gasteiger partial charge in [0.2, 0.25) is 11.5 Å². The quantitative estimate of drug-likeness (QED) is 0.261. The van der Waals surface area contributed by atoms with Gasteiger partial charge in [-0.15, -0.1) is 0 Å². The molecule has 34 heavy (non-hydrogen) atoms. The van der Waals surface area contributed by atoms with Gasteiger partial charge in [0.05, 0.1) is 32.5 Å². The van der Waals surface area contributed by atoms with Crippen molar-refractivity contribution in [3.8, 4) is 28.7 Å². The molecule has 0 unspecified atom stereocenters. The molecule has 1 aliphatic rings. The summed E-state index contributed by atoms with van der Waals surface area (Å²) in [7, 11) is 4.52. The Hall–Kier alpha value is -3.97. The second kappa shape index (κ2) is 9.49. The number of carbonyl (C=O) groups excluding carboxylic acids is 2. The van der Waals surface area contributed by atoms with Gasteiger partial charge in [-0.25, -0.2) is 4.79 Å². The van der Waals surface area contributed by atoms with Gasteiger partial charge in [-0.05, 0) is 55.5 Å². The van der Waals surface area contributed by atoms with E-state index in [1.165, 1.54) is 27.4 Å². The van der Waals surface area contributed by atoms with Crippen LogP contribution in [0.3, 0.4) is 0 Å². The Balaban J connectivity index is 1.66. The minimum absolute atomic E-state index is 0.0990. The lowest BCUT2D eigenvalue weighted by Gasteiger charge is -2.14. The molecule has 8 heteroatoms. The van der Waals surface area contributed by atoms with Crippen molar-refractivity contribution in [2.24, 2.45) is 0 Å². The van der Waals surface area contributed by atoms with Gasteiger partial charge >= 0.3 is 5.97 Å². The highest BCUT2D eigenvalue weighted by Crippen LogP contribution is 2.43. The first-order chi connectivity index (χ1) is 16.4. The van der Waals surface area contributed by atoms with Crippen molar-refractivity contribution < 1.29 is 33.3 Å². The molecule has 0 bridgehead atoms. The highest BCUT2D eigenvalue weighted by molar-refractivity contribution is 6.30. The maximum Gasteiger partial charge on any atom is 0.343 e. The number of rotatable bonds is 6. The zero-order chi connectivity index (χ0) is 24.4. The van der Waals surface area contributed by atoms with Crippen LogP contribution in [0.15, 0.2) is 54.3 Å². The zero-order valence-electron chi connectivity index (χ0n) is 18.9. The van der Waals surface area contributed by atoms with Crippen LogP contribution in [0.25, 0.3) is 6.08 Å². The van der Waals surface area contributed by atoms with Crippen LogP contribution in [0.2, 0.25) is 5.02 Å². The molecular weight excluding hydrogens is 460 g/mol. The Kier molecular flexibility index (Phi) is 6.47. The minimum atomic E-state index is -0.569. The molecule has 1 heterocycles. The van der Waals surface area contributed by atoms with Crippen molar-refractivity contribution in [1.29, 1.82) is 0 Å². The van der Waals surface area contributed by atoms with Gasteiger partial charge in [0.15, 0.2) is 17.3 Å². The molecule has 3 aromatic rings. The molecule has 0 atom stereocenters. The molecule has 7 nitrogen and oxygen atoms in total. The van der Waals surface area contributed by atoms with E-state index in [-0.39, 0.29) is 17.3 Å². The Morgan fingerprint density at radius 1 is 0.941 bits per heavy atom. The second-order valence-corrected chi connectivity index (χ2v) is 7.77. The van der Waals surface area contributed by atoms with Gasteiger partial charge < -0.3 is 23.7 Å². The summed E-state index contributed by atoms with van der Waals surface area (Å²) in [5.41, 5.74) is 1.77. The van der Waals surface area contributed by atoms with Gasteiger partial charge in [0.25, 0.3) is 0 Å². The van der Waals surface area contributed by atoms with Crippen molar-refractivity contribution in [2.45, 2.75) is 6.92 Å². The van der Waals surface area contributed by atoms with E-state index >= 15 is 0 Å². The van der Waals surface area contributed by atoms with Crippen molar-refractivity contribution in [1.82, 2.24) is 0 Å². The predicted octanol–water partition coefficient (Wildman–Crippen LogP) is 5.51. The first kappa shape index (κ1) is 23.2. The summed E-state index contributed by atoms with van der Waals surface area (Å²) in [5, 5.41) is 0.425. The lowest BCUT2D eigenvalue weighted by atomic mass is 10.1. The summed E-state index contributed by atoms with van der Waals surface area (Å²) in [4.78, 5) is 25.5. The van der Waals surface area contributed by atoms with Gasteiger partial charge in [0.1, 0.15) is 11.5 Å². The molecule has 174 valence electrons. The summed E-state index contributed by atoms with van der Waals surface area (Å²) >= 11 is 5.96. The molecule has 0 fully saturated rings. The van der Waals surface area contributed by atoms with E-state index in [9.17, 15) is 9.59 Å². The number of ether oxygens (including phenoxy) is 5. The van der Waals surface area contributed by atoms with Crippen LogP contribution in [-0.2, 0) is 0 Å². The SMILES string of the molecule is COc1ccc(/C=C2\Oc3c(ccc(OC(=O)c4cccc(Cl)c4)c3C)C2=O)c(OC)c1OC. The van der Waals surface area contributed by atoms with E-state index in [1.54, 1.807) is 55.5 Å². The molecule has 0 radical (unpaired) electrons. The van der Waals surface area contributed by atoms with Gasteiger partial charge in [-0.1, -0.05) is 17.7 Å². The van der Waals surface area contributed by atoms with Crippen LogP contribution in [-0.4, -0.2) is 33.1 Å². The fourth-order valence-electron chi connectivity index (χ4n) is 3.63. The number of esters is 1. The van der Waals surface area contributed by atoms with Crippen LogP contribution in [0.4, 0.5) is 0 Å². The molecule has 0 N–H and O–H groups in total. The third kappa shape index (κ3) is 4.18. The average molecular weight is 481 g/mol. The number of ketones is 1. The van der Waals surface area contributed by atoms with Crippen molar-refractivity contribution in [2.75, 3.05) is 21.3 Å². The lowest BCUT2D eigenvalue weighted by Crippen LogP contribution is -2.09. The van der Waals surface area contributed by atoms with E-state index in [0.717, 1.165) is 0 Å². The molecular formula is C26H21ClO7. The molecule has 0 saturated heterocycles. The summed E-state index contributed by atoms with van der Waals surface area (Å²) < 4.78 is 27.6. The largest absolute Gasteiger partial charge is 0.493 e. The first-order valence-corrected chi connectivity index (χ1v) is 10.6. The van der Waals surface area contributed by atoms with E-state index in [1.807, 2.05) is 0 Å². The number of hydrogen-bond donors (Lipinski definition) is 0. The first-order valence-electron chi connectivity index (χ1n) is 10.2. The number of benzene rings is 3. The molecule has 0 spiro atoms. The standard InChI is InChI=1S/C26H21ClO7/c1-14-19(34-26(29)16-6-5-7-17(27)12-16)11-9-18-22(28)21(33-23(14)18)13-15-8-10-20(30-2)25(32-4)24(15)31-3/h5-13H,1-4H3/b21-13-. The molecule has 0 aromatic heterocycles. The van der Waals surface area contributed by atoms with E-state index in [4.69, 9.17) is 35.3 Å². The highest BCUT2D eigenvalue weighted by atomic mass is 35.5. The molecule has 0 saturated carbocycles. The molecule has 3 aromatic carbocycles. The zero-order valence-corrected chi connectivity index (χ0v) is 19.7. The van der Waals surface area contributed by atoms with Crippen molar-refractivity contribution >= 4 is 29.4 Å². The third-order valence-electron chi connectivity index (χ3n) is 5.32. The summed E-state index contributed by atoms with van der Waals surface area (Å²) in [6.45, 7) is 1.71. The number of Topliss-reactive ketones (excluding diaryl/α,β-unsaturated/α-hetero) is 1. The van der Waals surface area contributed by atoms with Gasteiger partial charge in [0, 0.05) is 16.1 Å². The maximum atomic E-state index is 13.0. The van der Waals surface area contributed by atoms with Crippen LogP contribution in [0.5, 0.6) is 28.7 Å². The summed E-state index contributed by atoms with van der Waals surface area (Å²) in [5.74, 6) is 1.12. The lowest BCUT2D eigenvalue weighted by molar-refractivity contribution is 0.0733. The number of methoxy groups -OCH3 is 3. The number of hydrogen-bond acceptors (Lipinski definition) is 7. The Labute approximate surface area is 201 Å². The van der Waals surface area contributed by atoms with Gasteiger partial charge in [-0.2, -0.15) is 0 Å². The van der Waals surface area contributed by atoms with Crippen LogP contribution in [0.1, 0.15) is 31.8 Å². The summed E-state index contributed by atoms with van der Waals surface area (Å²) in [6.07, 6.45) is 1.57. The molecule has 1 aliphatic heterocycles. The van der Waals surface area contributed by atoms with Crippen LogP contribution >= 0.6 is 11.6 Å². The van der Waals surface area contributed by atoms with Gasteiger partial charge in [-0.3, -0.25) is 4.79 Å². The number of allylic oxidation sites excluding steroid dienone is 1. The van der Waals surface area contributed by atoms with Crippen molar-refractivity contribution in [3.63, 3.8) is 0 Å². The minimum Gasteiger partial charge on any atom is -0.493 e. The predicted molar refractivity (Wildman–Crippen MR) is 127 cm³/mol. The Morgan fingerprint density at radius 2 is 1.68 bits per heavy atom. The van der Waals surface area contributed by atoms with Crippen LogP contribution < -0.4 is 23.7 Å². The number of carbonyl (C=O) groups is 2. The van der Waals surface area contributed by atoms with E-state index in [0.29, 0.717) is 50.3 Å². The number of halogens is 1. The smallest absolute Gasteiger partial charge is 0.343 e. The Bertz CT molecular complexity index is 1330. The highest BCUT2D eigenvalue weighted by Gasteiger charge is 2.31. The monoisotopic (exact) mass is 480 g/mol. The molecule has 0 aliphatic carbocycles. The van der Waals surface area contributed by atoms with Crippen molar-refractivity contribution in [3.05, 3.63) is 81.6 Å². The maximum absolute atomic E-state index is 13.0.